The zero-order valence-corrected chi connectivity index (χ0v) is 18.1. The number of nitrogens with zero attached hydrogens (tertiary/aromatic N) is 2. The Kier molecular flexibility index (Phi) is 8.30. The van der Waals surface area contributed by atoms with Crippen LogP contribution < -0.4 is 5.73 Å². The molecule has 0 bridgehead atoms. The molecular weight excluding hydrogens is 362 g/mol. The van der Waals surface area contributed by atoms with Crippen molar-refractivity contribution >= 4 is 24.2 Å². The zero-order valence-electron chi connectivity index (χ0n) is 17.2. The van der Waals surface area contributed by atoms with Gasteiger partial charge in [0.05, 0.1) is 5.92 Å². The highest BCUT2D eigenvalue weighted by Gasteiger charge is 2.32. The minimum atomic E-state index is -0.128. The molecule has 1 unspecified atom stereocenters. The largest absolute Gasteiger partial charge is 0.345 e. The molecule has 1 aromatic rings. The van der Waals surface area contributed by atoms with Crippen molar-refractivity contribution in [3.8, 4) is 0 Å². The highest BCUT2D eigenvalue weighted by atomic mass is 35.5. The minimum Gasteiger partial charge on any atom is -0.345 e. The van der Waals surface area contributed by atoms with Crippen molar-refractivity contribution in [2.45, 2.75) is 40.5 Å². The molecule has 1 heterocycles. The summed E-state index contributed by atoms with van der Waals surface area (Å²) in [5, 5.41) is 0. The molecule has 0 aromatic heterocycles. The summed E-state index contributed by atoms with van der Waals surface area (Å²) in [6.07, 6.45) is 1.70. The molecule has 5 nitrogen and oxygen atoms in total. The normalized spacial score (nSPS) is 17.3. The second-order valence-electron chi connectivity index (χ2n) is 8.53. The van der Waals surface area contributed by atoms with Crippen molar-refractivity contribution in [3.63, 3.8) is 0 Å². The average Bonchev–Trinajstić information content (AvgIpc) is 2.59. The van der Waals surface area contributed by atoms with Gasteiger partial charge < -0.3 is 15.5 Å². The summed E-state index contributed by atoms with van der Waals surface area (Å²) in [4.78, 5) is 29.4. The lowest BCUT2D eigenvalue weighted by Gasteiger charge is -2.36. The Morgan fingerprint density at radius 3 is 2.37 bits per heavy atom. The first kappa shape index (κ1) is 23.4. The van der Waals surface area contributed by atoms with Gasteiger partial charge in [0.2, 0.25) is 5.91 Å². The predicted octanol–water partition coefficient (Wildman–Crippen LogP) is 3.02. The lowest BCUT2D eigenvalue weighted by atomic mass is 9.91. The van der Waals surface area contributed by atoms with Gasteiger partial charge in [0.25, 0.3) is 5.91 Å². The van der Waals surface area contributed by atoms with Crippen LogP contribution in [0.2, 0.25) is 0 Å². The second-order valence-corrected chi connectivity index (χ2v) is 8.53. The molecule has 1 fully saturated rings. The van der Waals surface area contributed by atoms with Crippen molar-refractivity contribution in [2.24, 2.45) is 17.1 Å². The zero-order chi connectivity index (χ0) is 19.5. The van der Waals surface area contributed by atoms with Crippen LogP contribution in [0.4, 0.5) is 0 Å². The number of aryl methyl sites for hydroxylation is 2. The van der Waals surface area contributed by atoms with Crippen molar-refractivity contribution in [1.82, 2.24) is 9.80 Å². The maximum Gasteiger partial charge on any atom is 0.253 e. The van der Waals surface area contributed by atoms with Gasteiger partial charge in [-0.3, -0.25) is 9.59 Å². The number of likely N-dealkylation sites (tertiary alicyclic amines) is 1. The van der Waals surface area contributed by atoms with Gasteiger partial charge >= 0.3 is 0 Å². The Morgan fingerprint density at radius 2 is 1.81 bits per heavy atom. The van der Waals surface area contributed by atoms with Gasteiger partial charge in [0, 0.05) is 32.2 Å². The fourth-order valence-electron chi connectivity index (χ4n) is 3.74. The number of carbonyl (C=O) groups is 2. The summed E-state index contributed by atoms with van der Waals surface area (Å²) in [5.41, 5.74) is 8.58. The van der Waals surface area contributed by atoms with E-state index in [2.05, 4.69) is 19.9 Å². The number of hydrogen-bond acceptors (Lipinski definition) is 3. The Morgan fingerprint density at radius 1 is 1.22 bits per heavy atom. The number of nitrogens with two attached hydrogens (primary N) is 1. The van der Waals surface area contributed by atoms with E-state index in [-0.39, 0.29) is 35.6 Å². The second kappa shape index (κ2) is 9.56. The van der Waals surface area contributed by atoms with Crippen molar-refractivity contribution in [3.05, 3.63) is 34.9 Å². The molecule has 2 N–H and O–H groups in total. The van der Waals surface area contributed by atoms with E-state index in [1.165, 1.54) is 0 Å². The van der Waals surface area contributed by atoms with E-state index in [0.717, 1.165) is 24.0 Å². The quantitative estimate of drug-likeness (QED) is 0.833. The highest BCUT2D eigenvalue weighted by molar-refractivity contribution is 5.95. The topological polar surface area (TPSA) is 66.6 Å². The van der Waals surface area contributed by atoms with E-state index in [9.17, 15) is 9.59 Å². The van der Waals surface area contributed by atoms with E-state index in [1.54, 1.807) is 4.90 Å². The summed E-state index contributed by atoms with van der Waals surface area (Å²) >= 11 is 0. The van der Waals surface area contributed by atoms with Gasteiger partial charge in [-0.15, -0.1) is 12.4 Å². The third-order valence-electron chi connectivity index (χ3n) is 5.12. The minimum absolute atomic E-state index is 0. The van der Waals surface area contributed by atoms with Gasteiger partial charge in [0.1, 0.15) is 0 Å². The molecule has 0 saturated carbocycles. The summed E-state index contributed by atoms with van der Waals surface area (Å²) in [6, 6.07) is 5.92. The van der Waals surface area contributed by atoms with E-state index >= 15 is 0 Å². The van der Waals surface area contributed by atoms with Gasteiger partial charge in [-0.2, -0.15) is 0 Å². The van der Waals surface area contributed by atoms with E-state index in [4.69, 9.17) is 5.73 Å². The molecule has 1 aliphatic rings. The third kappa shape index (κ3) is 6.22. The van der Waals surface area contributed by atoms with Gasteiger partial charge in [-0.1, -0.05) is 31.0 Å². The van der Waals surface area contributed by atoms with Gasteiger partial charge in [-0.05, 0) is 50.8 Å². The van der Waals surface area contributed by atoms with E-state index in [1.807, 2.05) is 37.9 Å². The fourth-order valence-corrected chi connectivity index (χ4v) is 3.74. The SMILES string of the molecule is Cc1cc(C)cc(C(=O)N2CCCC(C(=O)N(C)CC(C)(C)CN)C2)c1.Cl. The van der Waals surface area contributed by atoms with Gasteiger partial charge in [0.15, 0.2) is 0 Å². The molecule has 0 spiro atoms. The van der Waals surface area contributed by atoms with Crippen LogP contribution in [0.15, 0.2) is 18.2 Å². The molecule has 2 rings (SSSR count). The molecule has 152 valence electrons. The fraction of sp³-hybridized carbons (Fsp3) is 0.619. The molecule has 6 heteroatoms. The van der Waals surface area contributed by atoms with Crippen molar-refractivity contribution < 1.29 is 9.59 Å². The van der Waals surface area contributed by atoms with Crippen LogP contribution in [0, 0.1) is 25.2 Å². The standard InChI is InChI=1S/C21H33N3O2.ClH/c1-15-9-16(2)11-18(10-15)20(26)24-8-6-7-17(12-24)19(25)23(5)14-21(3,4)13-22;/h9-11,17H,6-8,12-14,22H2,1-5H3;1H. The summed E-state index contributed by atoms with van der Waals surface area (Å²) in [6.45, 7) is 10.5. The van der Waals surface area contributed by atoms with Crippen LogP contribution in [0.5, 0.6) is 0 Å². The first-order valence-electron chi connectivity index (χ1n) is 9.45. The highest BCUT2D eigenvalue weighted by Crippen LogP contribution is 2.23. The molecular formula is C21H34ClN3O2. The first-order chi connectivity index (χ1) is 12.1. The van der Waals surface area contributed by atoms with Crippen LogP contribution in [-0.2, 0) is 4.79 Å². The van der Waals surface area contributed by atoms with Crippen LogP contribution in [0.1, 0.15) is 48.2 Å². The number of rotatable bonds is 5. The maximum atomic E-state index is 12.9. The first-order valence-corrected chi connectivity index (χ1v) is 9.45. The third-order valence-corrected chi connectivity index (χ3v) is 5.12. The summed E-state index contributed by atoms with van der Waals surface area (Å²) in [5.74, 6) is 0.0147. The number of halogens is 1. The van der Waals surface area contributed by atoms with E-state index in [0.29, 0.717) is 31.7 Å². The average molecular weight is 396 g/mol. The number of piperidine rings is 1. The molecule has 0 aliphatic carbocycles. The summed E-state index contributed by atoms with van der Waals surface area (Å²) < 4.78 is 0. The number of benzene rings is 1. The van der Waals surface area contributed by atoms with Crippen molar-refractivity contribution in [2.75, 3.05) is 33.2 Å². The number of amides is 2. The monoisotopic (exact) mass is 395 g/mol. The predicted molar refractivity (Wildman–Crippen MR) is 112 cm³/mol. The summed E-state index contributed by atoms with van der Waals surface area (Å²) in [7, 11) is 1.84. The van der Waals surface area contributed by atoms with Crippen LogP contribution in [0.3, 0.4) is 0 Å². The maximum absolute atomic E-state index is 12.9. The lowest BCUT2D eigenvalue weighted by Crippen LogP contribution is -2.48. The van der Waals surface area contributed by atoms with Crippen LogP contribution in [0.25, 0.3) is 0 Å². The van der Waals surface area contributed by atoms with Crippen LogP contribution >= 0.6 is 12.4 Å². The Balaban J connectivity index is 0.00000364. The van der Waals surface area contributed by atoms with E-state index < -0.39 is 0 Å². The number of hydrogen-bond donors (Lipinski definition) is 1. The molecule has 0 radical (unpaired) electrons. The Hall–Kier alpha value is -1.59. The molecule has 1 aliphatic heterocycles. The molecule has 1 aromatic carbocycles. The molecule has 1 atom stereocenters. The number of carbonyl (C=O) groups excluding carboxylic acids is 2. The van der Waals surface area contributed by atoms with Crippen molar-refractivity contribution in [1.29, 1.82) is 0 Å². The smallest absolute Gasteiger partial charge is 0.253 e. The molecule has 27 heavy (non-hydrogen) atoms. The molecule has 2 amide bonds. The van der Waals surface area contributed by atoms with Gasteiger partial charge in [-0.25, -0.2) is 0 Å². The molecule has 1 saturated heterocycles. The van der Waals surface area contributed by atoms with Crippen LogP contribution in [-0.4, -0.2) is 54.8 Å². The Bertz CT molecular complexity index is 655. The lowest BCUT2D eigenvalue weighted by molar-refractivity contribution is -0.136. The Labute approximate surface area is 169 Å².